The summed E-state index contributed by atoms with van der Waals surface area (Å²) >= 11 is 0. The molecule has 9 nitrogen and oxygen atoms in total. The molecule has 28 heavy (non-hydrogen) atoms. The predicted molar refractivity (Wildman–Crippen MR) is 98.3 cm³/mol. The Hall–Kier alpha value is -2.85. The van der Waals surface area contributed by atoms with Crippen molar-refractivity contribution in [1.29, 1.82) is 0 Å². The van der Waals surface area contributed by atoms with Crippen LogP contribution in [0.3, 0.4) is 0 Å². The number of carbonyl (C=O) groups excluding carboxylic acids is 1. The molecule has 4 rings (SSSR count). The summed E-state index contributed by atoms with van der Waals surface area (Å²) in [6, 6.07) is 8.21. The molecule has 148 valence electrons. The zero-order chi connectivity index (χ0) is 19.6. The van der Waals surface area contributed by atoms with Crippen LogP contribution in [0.15, 0.2) is 56.7 Å². The molecule has 10 heteroatoms. The average molecular weight is 404 g/mol. The zero-order valence-corrected chi connectivity index (χ0v) is 15.8. The first-order chi connectivity index (χ1) is 13.5. The van der Waals surface area contributed by atoms with Crippen LogP contribution in [0.2, 0.25) is 0 Å². The number of carbonyl (C=O) groups is 1. The van der Waals surface area contributed by atoms with E-state index in [1.54, 1.807) is 30.5 Å². The van der Waals surface area contributed by atoms with E-state index in [1.165, 1.54) is 16.6 Å². The van der Waals surface area contributed by atoms with Crippen molar-refractivity contribution < 1.29 is 22.0 Å². The van der Waals surface area contributed by atoms with Gasteiger partial charge in [0.25, 0.3) is 10.0 Å². The molecule has 0 bridgehead atoms. The molecule has 1 atom stereocenters. The summed E-state index contributed by atoms with van der Waals surface area (Å²) < 4.78 is 37.9. The van der Waals surface area contributed by atoms with Gasteiger partial charge in [0.1, 0.15) is 11.5 Å². The Bertz CT molecular complexity index is 1020. The van der Waals surface area contributed by atoms with Crippen molar-refractivity contribution in [3.8, 4) is 11.5 Å². The van der Waals surface area contributed by atoms with Gasteiger partial charge >= 0.3 is 0 Å². The van der Waals surface area contributed by atoms with Crippen molar-refractivity contribution >= 4 is 15.9 Å². The lowest BCUT2D eigenvalue weighted by Gasteiger charge is -2.30. The number of H-pyrrole nitrogens is 1. The third-order valence-electron chi connectivity index (χ3n) is 4.71. The first kappa shape index (κ1) is 18.5. The summed E-state index contributed by atoms with van der Waals surface area (Å²) in [6.07, 6.45) is 4.33. The van der Waals surface area contributed by atoms with Crippen LogP contribution in [-0.4, -0.2) is 41.9 Å². The van der Waals surface area contributed by atoms with Gasteiger partial charge in [0.05, 0.1) is 18.7 Å². The van der Waals surface area contributed by atoms with Crippen molar-refractivity contribution in [3.63, 3.8) is 0 Å². The van der Waals surface area contributed by atoms with Gasteiger partial charge in [-0.15, -0.1) is 0 Å². The van der Waals surface area contributed by atoms with Crippen LogP contribution in [0, 0.1) is 5.92 Å². The summed E-state index contributed by atoms with van der Waals surface area (Å²) in [5.74, 6) is 0.436. The minimum absolute atomic E-state index is 0.117. The third kappa shape index (κ3) is 3.73. The number of hydrogen-bond donors (Lipinski definition) is 2. The highest BCUT2D eigenvalue weighted by Gasteiger charge is 2.35. The molecule has 4 heterocycles. The van der Waals surface area contributed by atoms with Gasteiger partial charge in [-0.25, -0.2) is 8.42 Å². The number of aromatic nitrogens is 2. The van der Waals surface area contributed by atoms with Gasteiger partial charge in [-0.1, -0.05) is 0 Å². The molecule has 0 unspecified atom stereocenters. The minimum atomic E-state index is -3.82. The highest BCUT2D eigenvalue weighted by atomic mass is 32.2. The van der Waals surface area contributed by atoms with Crippen LogP contribution < -0.4 is 5.32 Å². The number of rotatable bonds is 6. The Balaban J connectivity index is 1.43. The van der Waals surface area contributed by atoms with Crippen LogP contribution in [0.25, 0.3) is 11.5 Å². The molecular weight excluding hydrogens is 384 g/mol. The molecule has 0 aromatic carbocycles. The van der Waals surface area contributed by atoms with E-state index >= 15 is 0 Å². The second-order valence-electron chi connectivity index (χ2n) is 6.59. The number of aromatic amines is 1. The lowest BCUT2D eigenvalue weighted by Crippen LogP contribution is -2.45. The van der Waals surface area contributed by atoms with E-state index in [9.17, 15) is 13.2 Å². The maximum atomic E-state index is 12.9. The lowest BCUT2D eigenvalue weighted by atomic mass is 9.99. The number of piperidine rings is 1. The van der Waals surface area contributed by atoms with Crippen LogP contribution in [0.5, 0.6) is 0 Å². The van der Waals surface area contributed by atoms with Crippen LogP contribution in [-0.2, 0) is 21.4 Å². The first-order valence-electron chi connectivity index (χ1n) is 8.94. The van der Waals surface area contributed by atoms with E-state index < -0.39 is 15.9 Å². The quantitative estimate of drug-likeness (QED) is 0.648. The first-order valence-corrected chi connectivity index (χ1v) is 10.4. The standard InChI is InChI=1S/C18H20N4O5S/c23-18(19-11-14-4-2-10-26-14)13-3-1-9-22(12-13)28(24,25)17-6-5-16(27-17)15-7-8-20-21-15/h2,4-8,10,13H,1,3,9,11-12H2,(H,19,23)(H,20,21)/t13-/m1/s1. The molecule has 1 fully saturated rings. The third-order valence-corrected chi connectivity index (χ3v) is 6.45. The number of hydrogen-bond acceptors (Lipinski definition) is 6. The second kappa shape index (κ2) is 7.64. The Morgan fingerprint density at radius 3 is 2.96 bits per heavy atom. The zero-order valence-electron chi connectivity index (χ0n) is 15.0. The van der Waals surface area contributed by atoms with Crippen LogP contribution >= 0.6 is 0 Å². The maximum absolute atomic E-state index is 12.9. The highest BCUT2D eigenvalue weighted by Crippen LogP contribution is 2.28. The van der Waals surface area contributed by atoms with E-state index in [2.05, 4.69) is 15.5 Å². The van der Waals surface area contributed by atoms with Crippen LogP contribution in [0.1, 0.15) is 18.6 Å². The Kier molecular flexibility index (Phi) is 5.05. The van der Waals surface area contributed by atoms with Crippen molar-refractivity contribution in [2.45, 2.75) is 24.5 Å². The number of nitrogens with one attached hydrogen (secondary N) is 2. The largest absolute Gasteiger partial charge is 0.467 e. The molecular formula is C18H20N4O5S. The maximum Gasteiger partial charge on any atom is 0.276 e. The molecule has 3 aromatic heterocycles. The molecule has 1 saturated heterocycles. The summed E-state index contributed by atoms with van der Waals surface area (Å²) in [5.41, 5.74) is 0.593. The second-order valence-corrected chi connectivity index (χ2v) is 8.46. The van der Waals surface area contributed by atoms with Gasteiger partial charge in [0, 0.05) is 19.3 Å². The Morgan fingerprint density at radius 2 is 2.21 bits per heavy atom. The molecule has 3 aromatic rings. The van der Waals surface area contributed by atoms with E-state index in [4.69, 9.17) is 8.83 Å². The van der Waals surface area contributed by atoms with E-state index in [0.717, 1.165) is 0 Å². The molecule has 1 aliphatic rings. The topological polar surface area (TPSA) is 121 Å². The molecule has 1 amide bonds. The Labute approximate surface area is 161 Å². The molecule has 0 aliphatic carbocycles. The number of amides is 1. The Morgan fingerprint density at radius 1 is 1.32 bits per heavy atom. The lowest BCUT2D eigenvalue weighted by molar-refractivity contribution is -0.126. The van der Waals surface area contributed by atoms with Gasteiger partial charge in [0.15, 0.2) is 5.76 Å². The van der Waals surface area contributed by atoms with E-state index in [-0.39, 0.29) is 24.1 Å². The molecule has 1 aliphatic heterocycles. The summed E-state index contributed by atoms with van der Waals surface area (Å²) in [5, 5.41) is 9.22. The molecule has 0 saturated carbocycles. The van der Waals surface area contributed by atoms with Crippen molar-refractivity contribution in [2.75, 3.05) is 13.1 Å². The number of nitrogens with zero attached hydrogens (tertiary/aromatic N) is 2. The average Bonchev–Trinajstić information content (AvgIpc) is 3.48. The molecule has 2 N–H and O–H groups in total. The summed E-state index contributed by atoms with van der Waals surface area (Å²) in [6.45, 7) is 0.748. The van der Waals surface area contributed by atoms with Crippen molar-refractivity contribution in [3.05, 3.63) is 48.6 Å². The normalized spacial score (nSPS) is 18.2. The fourth-order valence-electron chi connectivity index (χ4n) is 3.23. The fourth-order valence-corrected chi connectivity index (χ4v) is 4.67. The van der Waals surface area contributed by atoms with Gasteiger partial charge < -0.3 is 14.2 Å². The number of furan rings is 2. The fraction of sp³-hybridized carbons (Fsp3) is 0.333. The summed E-state index contributed by atoms with van der Waals surface area (Å²) in [4.78, 5) is 12.5. The number of sulfonamides is 1. The van der Waals surface area contributed by atoms with E-state index in [1.807, 2.05) is 0 Å². The minimum Gasteiger partial charge on any atom is -0.467 e. The predicted octanol–water partition coefficient (Wildman–Crippen LogP) is 1.98. The smallest absolute Gasteiger partial charge is 0.276 e. The van der Waals surface area contributed by atoms with Gasteiger partial charge in [-0.3, -0.25) is 9.89 Å². The SMILES string of the molecule is O=C(NCc1ccco1)[C@@H]1CCCN(S(=O)(=O)c2ccc(-c3ccn[nH]3)o2)C1. The van der Waals surface area contributed by atoms with Crippen molar-refractivity contribution in [1.82, 2.24) is 19.8 Å². The summed E-state index contributed by atoms with van der Waals surface area (Å²) in [7, 11) is -3.82. The van der Waals surface area contributed by atoms with Gasteiger partial charge in [0.2, 0.25) is 11.0 Å². The molecule has 0 radical (unpaired) electrons. The van der Waals surface area contributed by atoms with E-state index in [0.29, 0.717) is 36.6 Å². The van der Waals surface area contributed by atoms with Crippen molar-refractivity contribution in [2.24, 2.45) is 5.92 Å². The van der Waals surface area contributed by atoms with Gasteiger partial charge in [-0.2, -0.15) is 9.40 Å². The monoisotopic (exact) mass is 404 g/mol. The molecule has 0 spiro atoms. The van der Waals surface area contributed by atoms with Gasteiger partial charge in [-0.05, 0) is 43.2 Å². The van der Waals surface area contributed by atoms with Crippen LogP contribution in [0.4, 0.5) is 0 Å². The highest BCUT2D eigenvalue weighted by molar-refractivity contribution is 7.89.